The number of fused-ring (bicyclic) bond motifs is 1. The molecule has 0 aliphatic carbocycles. The Morgan fingerprint density at radius 2 is 2.15 bits per heavy atom. The van der Waals surface area contributed by atoms with Crippen LogP contribution in [-0.4, -0.2) is 67.3 Å². The van der Waals surface area contributed by atoms with E-state index in [2.05, 4.69) is 5.32 Å². The minimum atomic E-state index is -3.57. The lowest BCUT2D eigenvalue weighted by molar-refractivity contribution is 0.0470. The Bertz CT molecular complexity index is 771. The second-order valence-electron chi connectivity index (χ2n) is 6.98. The van der Waals surface area contributed by atoms with Crippen LogP contribution in [0.25, 0.3) is 0 Å². The predicted molar refractivity (Wildman–Crippen MR) is 94.5 cm³/mol. The topological polar surface area (TPSA) is 79.0 Å². The van der Waals surface area contributed by atoms with Crippen molar-refractivity contribution in [2.75, 3.05) is 25.4 Å². The van der Waals surface area contributed by atoms with Crippen molar-refractivity contribution in [3.63, 3.8) is 0 Å². The first-order chi connectivity index (χ1) is 12.3. The maximum Gasteiger partial charge on any atom is 0.317 e. The molecule has 0 bridgehead atoms. The predicted octanol–water partition coefficient (Wildman–Crippen LogP) is 1.16. The molecule has 0 radical (unpaired) electrons. The van der Waals surface area contributed by atoms with Crippen molar-refractivity contribution in [2.45, 2.75) is 38.6 Å². The number of hydrogen-bond donors (Lipinski definition) is 1. The largest absolute Gasteiger partial charge is 0.374 e. The summed E-state index contributed by atoms with van der Waals surface area (Å²) in [6.07, 6.45) is -0.390. The Balaban J connectivity index is 1.84. The summed E-state index contributed by atoms with van der Waals surface area (Å²) in [7, 11) is -3.57. The van der Waals surface area contributed by atoms with E-state index in [1.807, 2.05) is 13.8 Å². The molecule has 1 aromatic rings. The monoisotopic (exact) mass is 385 g/mol. The van der Waals surface area contributed by atoms with E-state index in [0.29, 0.717) is 12.1 Å². The van der Waals surface area contributed by atoms with Crippen molar-refractivity contribution in [1.29, 1.82) is 0 Å². The van der Waals surface area contributed by atoms with Gasteiger partial charge in [-0.05, 0) is 31.5 Å². The van der Waals surface area contributed by atoms with Gasteiger partial charge in [-0.2, -0.15) is 4.31 Å². The Labute approximate surface area is 153 Å². The zero-order valence-electron chi connectivity index (χ0n) is 14.9. The number of benzene rings is 1. The highest BCUT2D eigenvalue weighted by Gasteiger charge is 2.45. The molecule has 2 saturated heterocycles. The molecule has 2 aliphatic rings. The highest BCUT2D eigenvalue weighted by atomic mass is 32.2. The van der Waals surface area contributed by atoms with Crippen LogP contribution in [0.5, 0.6) is 0 Å². The lowest BCUT2D eigenvalue weighted by atomic mass is 10.1. The molecule has 2 heterocycles. The number of ether oxygens (including phenoxy) is 1. The van der Waals surface area contributed by atoms with Gasteiger partial charge in [0.1, 0.15) is 5.82 Å². The number of hydrogen-bond acceptors (Lipinski definition) is 4. The van der Waals surface area contributed by atoms with E-state index in [1.165, 1.54) is 16.4 Å². The van der Waals surface area contributed by atoms with E-state index in [0.717, 1.165) is 0 Å². The van der Waals surface area contributed by atoms with Crippen molar-refractivity contribution >= 4 is 16.1 Å². The van der Waals surface area contributed by atoms with Crippen molar-refractivity contribution in [3.05, 3.63) is 35.6 Å². The van der Waals surface area contributed by atoms with Gasteiger partial charge in [0.05, 0.1) is 31.1 Å². The molecule has 0 unspecified atom stereocenters. The SMILES string of the molecule is CC(C)NC(=O)N1C[C@@H]2OCCS(=O)(=O)N(Cc3cccc(F)c3)[C@@H]2C1. The molecule has 26 heavy (non-hydrogen) atoms. The first-order valence-electron chi connectivity index (χ1n) is 8.67. The molecule has 1 aromatic carbocycles. The summed E-state index contributed by atoms with van der Waals surface area (Å²) < 4.78 is 46.0. The number of rotatable bonds is 3. The smallest absolute Gasteiger partial charge is 0.317 e. The quantitative estimate of drug-likeness (QED) is 0.847. The van der Waals surface area contributed by atoms with Gasteiger partial charge in [0.2, 0.25) is 10.0 Å². The molecular formula is C17H24FN3O4S. The van der Waals surface area contributed by atoms with E-state index < -0.39 is 28.0 Å². The molecule has 0 aromatic heterocycles. The number of carbonyl (C=O) groups is 1. The number of sulfonamides is 1. The van der Waals surface area contributed by atoms with Gasteiger partial charge in [-0.25, -0.2) is 17.6 Å². The number of nitrogens with one attached hydrogen (secondary N) is 1. The minimum Gasteiger partial charge on any atom is -0.374 e. The number of halogens is 1. The molecule has 144 valence electrons. The van der Waals surface area contributed by atoms with Crippen LogP contribution in [0.4, 0.5) is 9.18 Å². The van der Waals surface area contributed by atoms with E-state index in [4.69, 9.17) is 4.74 Å². The van der Waals surface area contributed by atoms with Crippen LogP contribution in [0.3, 0.4) is 0 Å². The standard InChI is InChI=1S/C17H24FN3O4S/c1-12(2)19-17(22)20-10-15-16(11-20)25-6-7-26(23,24)21(15)9-13-4-3-5-14(18)8-13/h3-5,8,12,15-16H,6-7,9-11H2,1-2H3,(H,19,22)/t15-,16+/m1/s1. The van der Waals surface area contributed by atoms with Crippen molar-refractivity contribution in [2.24, 2.45) is 0 Å². The normalized spacial score (nSPS) is 25.8. The summed E-state index contributed by atoms with van der Waals surface area (Å²) in [5.41, 5.74) is 0.569. The van der Waals surface area contributed by atoms with Crippen molar-refractivity contribution in [1.82, 2.24) is 14.5 Å². The molecule has 2 amide bonds. The first-order valence-corrected chi connectivity index (χ1v) is 10.3. The Kier molecular flexibility index (Phi) is 5.50. The lowest BCUT2D eigenvalue weighted by Gasteiger charge is -2.28. The summed E-state index contributed by atoms with van der Waals surface area (Å²) in [6.45, 7) is 4.45. The van der Waals surface area contributed by atoms with Gasteiger partial charge in [0, 0.05) is 19.1 Å². The van der Waals surface area contributed by atoms with Crippen LogP contribution in [0.1, 0.15) is 19.4 Å². The number of urea groups is 1. The molecule has 7 nitrogen and oxygen atoms in total. The highest BCUT2D eigenvalue weighted by Crippen LogP contribution is 2.27. The second kappa shape index (κ2) is 7.50. The van der Waals surface area contributed by atoms with Crippen LogP contribution in [0.2, 0.25) is 0 Å². The average Bonchev–Trinajstić information content (AvgIpc) is 2.91. The van der Waals surface area contributed by atoms with Gasteiger partial charge in [0.15, 0.2) is 0 Å². The number of nitrogens with zero attached hydrogens (tertiary/aromatic N) is 2. The van der Waals surface area contributed by atoms with Crippen LogP contribution in [0.15, 0.2) is 24.3 Å². The van der Waals surface area contributed by atoms with E-state index in [1.54, 1.807) is 17.0 Å². The van der Waals surface area contributed by atoms with Crippen LogP contribution >= 0.6 is 0 Å². The molecule has 2 fully saturated rings. The number of amides is 2. The van der Waals surface area contributed by atoms with Crippen molar-refractivity contribution in [3.8, 4) is 0 Å². The third-order valence-electron chi connectivity index (χ3n) is 4.56. The zero-order chi connectivity index (χ0) is 18.9. The van der Waals surface area contributed by atoms with E-state index >= 15 is 0 Å². The van der Waals surface area contributed by atoms with Crippen molar-refractivity contribution < 1.29 is 22.3 Å². The summed E-state index contributed by atoms with van der Waals surface area (Å²) in [5, 5.41) is 2.82. The van der Waals surface area contributed by atoms with Gasteiger partial charge >= 0.3 is 6.03 Å². The first kappa shape index (κ1) is 19.1. The molecule has 0 saturated carbocycles. The number of likely N-dealkylation sites (tertiary alicyclic amines) is 1. The fraction of sp³-hybridized carbons (Fsp3) is 0.588. The number of carbonyl (C=O) groups excluding carboxylic acids is 1. The summed E-state index contributed by atoms with van der Waals surface area (Å²) >= 11 is 0. The fourth-order valence-electron chi connectivity index (χ4n) is 3.36. The average molecular weight is 385 g/mol. The van der Waals surface area contributed by atoms with Crippen LogP contribution in [0, 0.1) is 5.82 Å². The maximum absolute atomic E-state index is 13.5. The molecule has 3 rings (SSSR count). The van der Waals surface area contributed by atoms with Gasteiger partial charge in [-0.15, -0.1) is 0 Å². The lowest BCUT2D eigenvalue weighted by Crippen LogP contribution is -2.46. The Morgan fingerprint density at radius 3 is 2.85 bits per heavy atom. The third kappa shape index (κ3) is 4.16. The van der Waals surface area contributed by atoms with Gasteiger partial charge in [-0.3, -0.25) is 0 Å². The zero-order valence-corrected chi connectivity index (χ0v) is 15.7. The molecule has 0 spiro atoms. The van der Waals surface area contributed by atoms with Crippen LogP contribution < -0.4 is 5.32 Å². The Morgan fingerprint density at radius 1 is 1.38 bits per heavy atom. The minimum absolute atomic E-state index is 0.0130. The Hall–Kier alpha value is -1.71. The molecule has 1 N–H and O–H groups in total. The van der Waals surface area contributed by atoms with Crippen LogP contribution in [-0.2, 0) is 21.3 Å². The van der Waals surface area contributed by atoms with Gasteiger partial charge < -0.3 is 15.0 Å². The highest BCUT2D eigenvalue weighted by molar-refractivity contribution is 7.89. The second-order valence-corrected chi connectivity index (χ2v) is 9.02. The third-order valence-corrected chi connectivity index (χ3v) is 6.36. The molecule has 9 heteroatoms. The van der Waals surface area contributed by atoms with Gasteiger partial charge in [0.25, 0.3) is 0 Å². The fourth-order valence-corrected chi connectivity index (χ4v) is 4.86. The summed E-state index contributed by atoms with van der Waals surface area (Å²) in [4.78, 5) is 13.9. The summed E-state index contributed by atoms with van der Waals surface area (Å²) in [5.74, 6) is -0.528. The maximum atomic E-state index is 13.5. The summed E-state index contributed by atoms with van der Waals surface area (Å²) in [6, 6.07) is 5.16. The van der Waals surface area contributed by atoms with E-state index in [9.17, 15) is 17.6 Å². The molecule has 2 atom stereocenters. The molecule has 2 aliphatic heterocycles. The van der Waals surface area contributed by atoms with Gasteiger partial charge in [-0.1, -0.05) is 12.1 Å². The van der Waals surface area contributed by atoms with E-state index in [-0.39, 0.29) is 37.5 Å². The molecular weight excluding hydrogens is 361 g/mol.